The van der Waals surface area contributed by atoms with E-state index >= 15 is 0 Å². The van der Waals surface area contributed by atoms with Crippen LogP contribution in [0.2, 0.25) is 0 Å². The predicted molar refractivity (Wildman–Crippen MR) is 103 cm³/mol. The molecule has 1 aliphatic rings. The second kappa shape index (κ2) is 8.62. The Labute approximate surface area is 153 Å². The van der Waals surface area contributed by atoms with Crippen molar-refractivity contribution in [1.82, 2.24) is 14.1 Å². The maximum atomic E-state index is 13.0. The van der Waals surface area contributed by atoms with Crippen molar-refractivity contribution in [2.24, 2.45) is 0 Å². The zero-order valence-corrected chi connectivity index (χ0v) is 17.1. The van der Waals surface area contributed by atoms with Gasteiger partial charge in [0.15, 0.2) is 0 Å². The fourth-order valence-corrected chi connectivity index (χ4v) is 5.16. The Balaban J connectivity index is 2.06. The minimum Gasteiger partial charge on any atom is -0.309 e. The molecular formula is C19H33N3O2S. The molecule has 0 aromatic heterocycles. The summed E-state index contributed by atoms with van der Waals surface area (Å²) in [4.78, 5) is 5.04. The Morgan fingerprint density at radius 3 is 2.12 bits per heavy atom. The van der Waals surface area contributed by atoms with Crippen molar-refractivity contribution in [3.63, 3.8) is 0 Å². The van der Waals surface area contributed by atoms with E-state index in [2.05, 4.69) is 44.7 Å². The second-order valence-corrected chi connectivity index (χ2v) is 9.35. The molecule has 2 unspecified atom stereocenters. The van der Waals surface area contributed by atoms with Crippen LogP contribution in [0, 0.1) is 0 Å². The van der Waals surface area contributed by atoms with E-state index in [1.807, 2.05) is 12.1 Å². The monoisotopic (exact) mass is 367 g/mol. The molecule has 0 spiro atoms. The van der Waals surface area contributed by atoms with Gasteiger partial charge in [-0.25, -0.2) is 8.42 Å². The zero-order valence-electron chi connectivity index (χ0n) is 16.3. The van der Waals surface area contributed by atoms with Gasteiger partial charge in [0.05, 0.1) is 4.90 Å². The summed E-state index contributed by atoms with van der Waals surface area (Å²) >= 11 is 0. The van der Waals surface area contributed by atoms with Gasteiger partial charge < -0.3 is 4.90 Å². The van der Waals surface area contributed by atoms with E-state index in [1.54, 1.807) is 16.4 Å². The molecule has 2 rings (SSSR count). The number of aryl methyl sites for hydroxylation is 1. The highest BCUT2D eigenvalue weighted by Crippen LogP contribution is 2.23. The lowest BCUT2D eigenvalue weighted by atomic mass is 10.1. The number of piperazine rings is 1. The van der Waals surface area contributed by atoms with Crippen LogP contribution in [0.4, 0.5) is 0 Å². The van der Waals surface area contributed by atoms with E-state index in [-0.39, 0.29) is 12.1 Å². The molecule has 1 fully saturated rings. The molecule has 0 amide bonds. The van der Waals surface area contributed by atoms with Gasteiger partial charge in [0, 0.05) is 31.7 Å². The smallest absolute Gasteiger partial charge is 0.243 e. The van der Waals surface area contributed by atoms with E-state index in [1.165, 1.54) is 0 Å². The van der Waals surface area contributed by atoms with Crippen LogP contribution in [0.1, 0.15) is 32.8 Å². The lowest BCUT2D eigenvalue weighted by Crippen LogP contribution is -2.58. The molecule has 1 aromatic rings. The summed E-state index contributed by atoms with van der Waals surface area (Å²) in [6, 6.07) is 7.78. The molecule has 1 heterocycles. The molecule has 1 aliphatic heterocycles. The summed E-state index contributed by atoms with van der Waals surface area (Å²) in [6.45, 7) is 9.53. The second-order valence-electron chi connectivity index (χ2n) is 7.41. The van der Waals surface area contributed by atoms with Gasteiger partial charge in [-0.05, 0) is 65.0 Å². The van der Waals surface area contributed by atoms with Crippen molar-refractivity contribution in [3.8, 4) is 0 Å². The minimum atomic E-state index is -3.41. The number of rotatable bonds is 7. The third-order valence-corrected chi connectivity index (χ3v) is 6.90. The molecule has 5 nitrogen and oxygen atoms in total. The highest BCUT2D eigenvalue weighted by atomic mass is 32.2. The largest absolute Gasteiger partial charge is 0.309 e. The van der Waals surface area contributed by atoms with E-state index in [0.29, 0.717) is 18.0 Å². The fourth-order valence-electron chi connectivity index (χ4n) is 3.56. The minimum absolute atomic E-state index is 0.232. The van der Waals surface area contributed by atoms with E-state index in [4.69, 9.17) is 0 Å². The van der Waals surface area contributed by atoms with Gasteiger partial charge in [0.25, 0.3) is 0 Å². The first-order chi connectivity index (χ1) is 11.8. The Hall–Kier alpha value is -0.950. The van der Waals surface area contributed by atoms with Crippen molar-refractivity contribution in [3.05, 3.63) is 29.8 Å². The van der Waals surface area contributed by atoms with Crippen LogP contribution < -0.4 is 0 Å². The first-order valence-corrected chi connectivity index (χ1v) is 10.7. The van der Waals surface area contributed by atoms with Crippen LogP contribution in [0.25, 0.3) is 0 Å². The molecule has 142 valence electrons. The molecule has 1 saturated heterocycles. The van der Waals surface area contributed by atoms with Gasteiger partial charge >= 0.3 is 0 Å². The predicted octanol–water partition coefficient (Wildman–Crippen LogP) is 2.28. The zero-order chi connectivity index (χ0) is 18.6. The fraction of sp³-hybridized carbons (Fsp3) is 0.684. The Bertz CT molecular complexity index is 631. The first-order valence-electron chi connectivity index (χ1n) is 9.25. The Morgan fingerprint density at radius 2 is 1.64 bits per heavy atom. The van der Waals surface area contributed by atoms with Crippen molar-refractivity contribution < 1.29 is 8.42 Å². The van der Waals surface area contributed by atoms with Crippen LogP contribution >= 0.6 is 0 Å². The van der Waals surface area contributed by atoms with Crippen molar-refractivity contribution in [2.45, 2.75) is 50.6 Å². The highest BCUT2D eigenvalue weighted by molar-refractivity contribution is 7.89. The van der Waals surface area contributed by atoms with Crippen molar-refractivity contribution >= 4 is 10.0 Å². The third kappa shape index (κ3) is 5.03. The van der Waals surface area contributed by atoms with Gasteiger partial charge in [-0.1, -0.05) is 19.1 Å². The first kappa shape index (κ1) is 20.4. The molecule has 0 saturated carbocycles. The van der Waals surface area contributed by atoms with Gasteiger partial charge in [0.2, 0.25) is 10.0 Å². The van der Waals surface area contributed by atoms with Crippen molar-refractivity contribution in [2.75, 3.05) is 40.3 Å². The molecule has 0 N–H and O–H groups in total. The molecular weight excluding hydrogens is 334 g/mol. The van der Waals surface area contributed by atoms with Crippen LogP contribution in [0.3, 0.4) is 0 Å². The molecule has 1 aromatic carbocycles. The summed E-state index contributed by atoms with van der Waals surface area (Å²) < 4.78 is 27.6. The summed E-state index contributed by atoms with van der Waals surface area (Å²) in [6.07, 6.45) is 2.02. The average Bonchev–Trinajstić information content (AvgIpc) is 2.57. The topological polar surface area (TPSA) is 43.9 Å². The molecule has 25 heavy (non-hydrogen) atoms. The summed E-state index contributed by atoms with van der Waals surface area (Å²) in [7, 11) is 0.757. The SMILES string of the molecule is CCc1ccc(S(=O)(=O)N2CC(C)N(CCCN(C)C)C(C)C2)cc1. The summed E-state index contributed by atoms with van der Waals surface area (Å²) in [5.41, 5.74) is 1.16. The average molecular weight is 368 g/mol. The van der Waals surface area contributed by atoms with Gasteiger partial charge in [0.1, 0.15) is 0 Å². The lowest BCUT2D eigenvalue weighted by molar-refractivity contribution is 0.0740. The normalized spacial score (nSPS) is 23.3. The Kier molecular flexibility index (Phi) is 7.02. The van der Waals surface area contributed by atoms with Gasteiger partial charge in [-0.3, -0.25) is 4.90 Å². The van der Waals surface area contributed by atoms with Crippen LogP contribution in [0.15, 0.2) is 29.2 Å². The lowest BCUT2D eigenvalue weighted by Gasteiger charge is -2.44. The summed E-state index contributed by atoms with van der Waals surface area (Å²) in [5.74, 6) is 0. The quantitative estimate of drug-likeness (QED) is 0.742. The van der Waals surface area contributed by atoms with Gasteiger partial charge in [-0.15, -0.1) is 0 Å². The van der Waals surface area contributed by atoms with E-state index in [0.717, 1.165) is 31.5 Å². The molecule has 0 aliphatic carbocycles. The standard InChI is InChI=1S/C19H33N3O2S/c1-6-18-8-10-19(11-9-18)25(23,24)21-14-16(2)22(17(3)15-21)13-7-12-20(4)5/h8-11,16-17H,6-7,12-15H2,1-5H3. The summed E-state index contributed by atoms with van der Waals surface area (Å²) in [5, 5.41) is 0. The maximum absolute atomic E-state index is 13.0. The molecule has 2 atom stereocenters. The number of hydrogen-bond donors (Lipinski definition) is 0. The van der Waals surface area contributed by atoms with E-state index in [9.17, 15) is 8.42 Å². The number of benzene rings is 1. The van der Waals surface area contributed by atoms with Crippen LogP contribution in [-0.4, -0.2) is 74.9 Å². The Morgan fingerprint density at radius 1 is 1.08 bits per heavy atom. The highest BCUT2D eigenvalue weighted by Gasteiger charge is 2.35. The number of nitrogens with zero attached hydrogens (tertiary/aromatic N) is 3. The van der Waals surface area contributed by atoms with Gasteiger partial charge in [-0.2, -0.15) is 4.31 Å². The molecule has 6 heteroatoms. The number of hydrogen-bond acceptors (Lipinski definition) is 4. The molecule has 0 bridgehead atoms. The van der Waals surface area contributed by atoms with Crippen LogP contribution in [-0.2, 0) is 16.4 Å². The maximum Gasteiger partial charge on any atom is 0.243 e. The third-order valence-electron chi connectivity index (χ3n) is 5.06. The van der Waals surface area contributed by atoms with E-state index < -0.39 is 10.0 Å². The van der Waals surface area contributed by atoms with Crippen LogP contribution in [0.5, 0.6) is 0 Å². The molecule has 0 radical (unpaired) electrons. The number of sulfonamides is 1. The van der Waals surface area contributed by atoms with Crippen molar-refractivity contribution in [1.29, 1.82) is 0 Å².